The second-order valence-corrected chi connectivity index (χ2v) is 4.76. The van der Waals surface area contributed by atoms with Gasteiger partial charge in [0, 0.05) is 17.5 Å². The summed E-state index contributed by atoms with van der Waals surface area (Å²) in [5, 5.41) is 16.4. The van der Waals surface area contributed by atoms with Crippen molar-refractivity contribution in [1.29, 1.82) is 0 Å². The number of hydrogen-bond acceptors (Lipinski definition) is 3. The highest BCUT2D eigenvalue weighted by Crippen LogP contribution is 2.20. The van der Waals surface area contributed by atoms with Gasteiger partial charge in [0.2, 0.25) is 0 Å². The van der Waals surface area contributed by atoms with Crippen molar-refractivity contribution in [2.24, 2.45) is 0 Å². The Hall–Kier alpha value is -2.11. The van der Waals surface area contributed by atoms with Crippen molar-refractivity contribution in [3.63, 3.8) is 0 Å². The lowest BCUT2D eigenvalue weighted by atomic mass is 10.0. The highest BCUT2D eigenvalue weighted by Gasteiger charge is 2.14. The van der Waals surface area contributed by atoms with Crippen molar-refractivity contribution >= 4 is 11.7 Å². The van der Waals surface area contributed by atoms with Crippen LogP contribution in [0, 0.1) is 6.92 Å². The zero-order chi connectivity index (χ0) is 13.8. The van der Waals surface area contributed by atoms with Gasteiger partial charge in [-0.05, 0) is 19.3 Å². The first-order valence-electron chi connectivity index (χ1n) is 6.48. The van der Waals surface area contributed by atoms with Crippen molar-refractivity contribution in [3.05, 3.63) is 29.2 Å². The highest BCUT2D eigenvalue weighted by molar-refractivity contribution is 6.04. The van der Waals surface area contributed by atoms with E-state index in [1.165, 1.54) is 6.20 Å². The molecule has 2 aromatic rings. The third-order valence-corrected chi connectivity index (χ3v) is 3.17. The molecule has 3 N–H and O–H groups in total. The Bertz CT molecular complexity index is 557. The molecule has 0 spiro atoms. The molecule has 2 rings (SSSR count). The minimum atomic E-state index is -0.201. The second-order valence-electron chi connectivity index (χ2n) is 4.76. The van der Waals surface area contributed by atoms with Gasteiger partial charge in [-0.1, -0.05) is 20.3 Å². The molecule has 0 aliphatic heterocycles. The van der Waals surface area contributed by atoms with Crippen molar-refractivity contribution in [1.82, 2.24) is 20.4 Å². The fourth-order valence-corrected chi connectivity index (χ4v) is 2.00. The molecule has 1 unspecified atom stereocenters. The fraction of sp³-hybridized carbons (Fsp3) is 0.462. The Balaban J connectivity index is 2.04. The number of carbonyl (C=O) groups is 1. The third-order valence-electron chi connectivity index (χ3n) is 3.17. The van der Waals surface area contributed by atoms with Gasteiger partial charge in [-0.15, -0.1) is 0 Å². The molecule has 6 nitrogen and oxygen atoms in total. The lowest BCUT2D eigenvalue weighted by Crippen LogP contribution is -2.12. The molecule has 1 amide bonds. The number of carbonyl (C=O) groups excluding carboxylic acids is 1. The highest BCUT2D eigenvalue weighted by atomic mass is 16.1. The molecule has 0 radical (unpaired) electrons. The molecular formula is C13H19N5O. The van der Waals surface area contributed by atoms with Gasteiger partial charge in [-0.3, -0.25) is 15.0 Å². The maximum Gasteiger partial charge on any atom is 0.260 e. The average Bonchev–Trinajstić information content (AvgIpc) is 2.98. The van der Waals surface area contributed by atoms with Gasteiger partial charge in [0.1, 0.15) is 0 Å². The molecule has 2 heterocycles. The summed E-state index contributed by atoms with van der Waals surface area (Å²) in [4.78, 5) is 12.0. The Labute approximate surface area is 112 Å². The van der Waals surface area contributed by atoms with E-state index < -0.39 is 0 Å². The molecule has 6 heteroatoms. The van der Waals surface area contributed by atoms with Crippen molar-refractivity contribution in [2.45, 2.75) is 39.5 Å². The fourth-order valence-electron chi connectivity index (χ4n) is 2.00. The molecule has 1 atom stereocenters. The number of hydrogen-bond donors (Lipinski definition) is 3. The number of rotatable bonds is 5. The van der Waals surface area contributed by atoms with Crippen LogP contribution in [-0.4, -0.2) is 26.3 Å². The summed E-state index contributed by atoms with van der Waals surface area (Å²) in [7, 11) is 0. The van der Waals surface area contributed by atoms with Crippen molar-refractivity contribution in [3.8, 4) is 0 Å². The number of aryl methyl sites for hydroxylation is 1. The predicted octanol–water partition coefficient (Wildman–Crippen LogP) is 2.60. The molecule has 19 heavy (non-hydrogen) atoms. The van der Waals surface area contributed by atoms with Crippen LogP contribution in [0.15, 0.2) is 12.3 Å². The van der Waals surface area contributed by atoms with Crippen LogP contribution in [0.25, 0.3) is 0 Å². The van der Waals surface area contributed by atoms with Crippen LogP contribution in [0.2, 0.25) is 0 Å². The van der Waals surface area contributed by atoms with Crippen LogP contribution in [0.1, 0.15) is 54.4 Å². The zero-order valence-electron chi connectivity index (χ0n) is 11.4. The van der Waals surface area contributed by atoms with Gasteiger partial charge >= 0.3 is 0 Å². The lowest BCUT2D eigenvalue weighted by Gasteiger charge is -2.05. The SMILES string of the molecule is CCCC(C)c1cc(NC(=O)c2cn[nH]c2C)n[nH]1. The molecule has 0 saturated carbocycles. The normalized spacial score (nSPS) is 12.4. The standard InChI is InChI=1S/C13H19N5O/c1-4-5-8(2)11-6-12(18-17-11)15-13(19)10-7-14-16-9(10)3/h6-8H,4-5H2,1-3H3,(H,14,16)(H2,15,17,18,19). The summed E-state index contributed by atoms with van der Waals surface area (Å²) < 4.78 is 0. The molecular weight excluding hydrogens is 242 g/mol. The summed E-state index contributed by atoms with van der Waals surface area (Å²) in [6.45, 7) is 6.10. The molecule has 0 saturated heterocycles. The zero-order valence-corrected chi connectivity index (χ0v) is 11.4. The van der Waals surface area contributed by atoms with E-state index in [-0.39, 0.29) is 5.91 Å². The average molecular weight is 261 g/mol. The Kier molecular flexibility index (Phi) is 3.99. The molecule has 0 aliphatic rings. The largest absolute Gasteiger partial charge is 0.305 e. The van der Waals surface area contributed by atoms with Crippen LogP contribution < -0.4 is 5.32 Å². The first-order chi connectivity index (χ1) is 9.11. The van der Waals surface area contributed by atoms with Crippen LogP contribution in [-0.2, 0) is 0 Å². The number of nitrogens with one attached hydrogen (secondary N) is 3. The smallest absolute Gasteiger partial charge is 0.260 e. The van der Waals surface area contributed by atoms with Gasteiger partial charge in [0.25, 0.3) is 5.91 Å². The van der Waals surface area contributed by atoms with Gasteiger partial charge in [-0.25, -0.2) is 0 Å². The number of aromatic nitrogens is 4. The second kappa shape index (κ2) is 5.69. The quantitative estimate of drug-likeness (QED) is 0.773. The Morgan fingerprint density at radius 1 is 1.47 bits per heavy atom. The van der Waals surface area contributed by atoms with Gasteiger partial charge in [0.15, 0.2) is 5.82 Å². The molecule has 0 fully saturated rings. The van der Waals surface area contributed by atoms with E-state index in [1.54, 1.807) is 6.92 Å². The van der Waals surface area contributed by atoms with Crippen molar-refractivity contribution < 1.29 is 4.79 Å². The molecule has 0 aromatic carbocycles. The number of aromatic amines is 2. The predicted molar refractivity (Wildman–Crippen MR) is 73.2 cm³/mol. The van der Waals surface area contributed by atoms with Crippen LogP contribution in [0.5, 0.6) is 0 Å². The van der Waals surface area contributed by atoms with E-state index in [4.69, 9.17) is 0 Å². The lowest BCUT2D eigenvalue weighted by molar-refractivity contribution is 0.102. The maximum atomic E-state index is 12.0. The minimum absolute atomic E-state index is 0.201. The Morgan fingerprint density at radius 2 is 2.26 bits per heavy atom. The van der Waals surface area contributed by atoms with E-state index in [0.29, 0.717) is 17.3 Å². The topological polar surface area (TPSA) is 86.5 Å². The first-order valence-corrected chi connectivity index (χ1v) is 6.48. The van der Waals surface area contributed by atoms with Gasteiger partial charge < -0.3 is 5.32 Å². The van der Waals surface area contributed by atoms with Crippen LogP contribution >= 0.6 is 0 Å². The van der Waals surface area contributed by atoms with E-state index >= 15 is 0 Å². The van der Waals surface area contributed by atoms with Crippen LogP contribution in [0.3, 0.4) is 0 Å². The summed E-state index contributed by atoms with van der Waals surface area (Å²) in [5.74, 6) is 0.759. The number of H-pyrrole nitrogens is 2. The first kappa shape index (κ1) is 13.3. The van der Waals surface area contributed by atoms with E-state index in [0.717, 1.165) is 24.2 Å². The van der Waals surface area contributed by atoms with E-state index in [2.05, 4.69) is 39.6 Å². The Morgan fingerprint density at radius 3 is 2.89 bits per heavy atom. The summed E-state index contributed by atoms with van der Waals surface area (Å²) >= 11 is 0. The molecule has 0 aliphatic carbocycles. The van der Waals surface area contributed by atoms with Crippen LogP contribution in [0.4, 0.5) is 5.82 Å². The third kappa shape index (κ3) is 3.01. The number of anilines is 1. The monoisotopic (exact) mass is 261 g/mol. The summed E-state index contributed by atoms with van der Waals surface area (Å²) in [6, 6.07) is 1.88. The van der Waals surface area contributed by atoms with Gasteiger partial charge in [-0.2, -0.15) is 10.2 Å². The molecule has 0 bridgehead atoms. The van der Waals surface area contributed by atoms with E-state index in [9.17, 15) is 4.79 Å². The van der Waals surface area contributed by atoms with Crippen molar-refractivity contribution in [2.75, 3.05) is 5.32 Å². The van der Waals surface area contributed by atoms with E-state index in [1.807, 2.05) is 6.07 Å². The summed E-state index contributed by atoms with van der Waals surface area (Å²) in [6.07, 6.45) is 3.73. The summed E-state index contributed by atoms with van der Waals surface area (Å²) in [5.41, 5.74) is 2.32. The maximum absolute atomic E-state index is 12.0. The minimum Gasteiger partial charge on any atom is -0.305 e. The van der Waals surface area contributed by atoms with Gasteiger partial charge in [0.05, 0.1) is 11.8 Å². The molecule has 2 aromatic heterocycles. The number of amides is 1. The molecule has 102 valence electrons. The number of nitrogens with zero attached hydrogens (tertiary/aromatic N) is 2.